The maximum atomic E-state index is 11.6. The van der Waals surface area contributed by atoms with Gasteiger partial charge in [0.1, 0.15) is 0 Å². The molecule has 3 N–H and O–H groups in total. The SMILES string of the molecule is CC(C)C(N)C(=O)NCC(=O)N1CCCC1. The Morgan fingerprint density at radius 2 is 1.88 bits per heavy atom. The number of hydrogen-bond acceptors (Lipinski definition) is 3. The number of carbonyl (C=O) groups excluding carboxylic acids is 2. The van der Waals surface area contributed by atoms with Crippen LogP contribution in [0.15, 0.2) is 0 Å². The molecular formula is C11H21N3O2. The molecule has 0 aliphatic carbocycles. The van der Waals surface area contributed by atoms with Gasteiger partial charge in [-0.05, 0) is 18.8 Å². The summed E-state index contributed by atoms with van der Waals surface area (Å²) in [6, 6.07) is -0.536. The smallest absolute Gasteiger partial charge is 0.241 e. The van der Waals surface area contributed by atoms with E-state index in [-0.39, 0.29) is 24.3 Å². The molecule has 0 aromatic rings. The summed E-state index contributed by atoms with van der Waals surface area (Å²) in [5, 5.41) is 2.59. The first-order valence-electron chi connectivity index (χ1n) is 5.83. The van der Waals surface area contributed by atoms with Crippen molar-refractivity contribution in [2.24, 2.45) is 11.7 Å². The normalized spacial score (nSPS) is 17.6. The number of amides is 2. The van der Waals surface area contributed by atoms with Gasteiger partial charge in [-0.3, -0.25) is 9.59 Å². The molecular weight excluding hydrogens is 206 g/mol. The van der Waals surface area contributed by atoms with Gasteiger partial charge in [-0.15, -0.1) is 0 Å². The van der Waals surface area contributed by atoms with Crippen LogP contribution in [-0.4, -0.2) is 42.4 Å². The maximum absolute atomic E-state index is 11.6. The highest BCUT2D eigenvalue weighted by Crippen LogP contribution is 2.06. The largest absolute Gasteiger partial charge is 0.346 e. The Labute approximate surface area is 96.4 Å². The maximum Gasteiger partial charge on any atom is 0.241 e. The zero-order valence-corrected chi connectivity index (χ0v) is 10.0. The molecule has 1 aliphatic rings. The molecule has 0 bridgehead atoms. The lowest BCUT2D eigenvalue weighted by Crippen LogP contribution is -2.47. The van der Waals surface area contributed by atoms with Gasteiger partial charge in [-0.1, -0.05) is 13.8 Å². The Hall–Kier alpha value is -1.10. The van der Waals surface area contributed by atoms with Crippen molar-refractivity contribution in [3.63, 3.8) is 0 Å². The second-order valence-electron chi connectivity index (χ2n) is 4.58. The van der Waals surface area contributed by atoms with Gasteiger partial charge in [-0.2, -0.15) is 0 Å². The van der Waals surface area contributed by atoms with E-state index in [0.29, 0.717) is 0 Å². The number of nitrogens with zero attached hydrogens (tertiary/aromatic N) is 1. The van der Waals surface area contributed by atoms with Gasteiger partial charge in [0.2, 0.25) is 11.8 Å². The fourth-order valence-electron chi connectivity index (χ4n) is 1.66. The quantitative estimate of drug-likeness (QED) is 0.693. The minimum Gasteiger partial charge on any atom is -0.346 e. The van der Waals surface area contributed by atoms with E-state index in [2.05, 4.69) is 5.32 Å². The van der Waals surface area contributed by atoms with E-state index >= 15 is 0 Å². The zero-order chi connectivity index (χ0) is 12.1. The number of carbonyl (C=O) groups is 2. The van der Waals surface area contributed by atoms with E-state index in [1.807, 2.05) is 13.8 Å². The van der Waals surface area contributed by atoms with Crippen molar-refractivity contribution < 1.29 is 9.59 Å². The molecule has 1 aliphatic heterocycles. The lowest BCUT2D eigenvalue weighted by Gasteiger charge is -2.18. The minimum atomic E-state index is -0.536. The third-order valence-electron chi connectivity index (χ3n) is 2.89. The molecule has 1 unspecified atom stereocenters. The Morgan fingerprint density at radius 1 is 1.31 bits per heavy atom. The molecule has 0 spiro atoms. The van der Waals surface area contributed by atoms with Crippen LogP contribution in [0.1, 0.15) is 26.7 Å². The third kappa shape index (κ3) is 3.48. The van der Waals surface area contributed by atoms with Gasteiger partial charge in [0, 0.05) is 13.1 Å². The molecule has 0 saturated carbocycles. The van der Waals surface area contributed by atoms with Crippen molar-refractivity contribution in [2.75, 3.05) is 19.6 Å². The topological polar surface area (TPSA) is 75.4 Å². The second-order valence-corrected chi connectivity index (χ2v) is 4.58. The van der Waals surface area contributed by atoms with Crippen molar-refractivity contribution in [1.29, 1.82) is 0 Å². The van der Waals surface area contributed by atoms with E-state index in [1.54, 1.807) is 4.90 Å². The van der Waals surface area contributed by atoms with Crippen molar-refractivity contribution in [3.05, 3.63) is 0 Å². The number of nitrogens with two attached hydrogens (primary N) is 1. The van der Waals surface area contributed by atoms with Crippen LogP contribution in [0.5, 0.6) is 0 Å². The standard InChI is InChI=1S/C11H21N3O2/c1-8(2)10(12)11(16)13-7-9(15)14-5-3-4-6-14/h8,10H,3-7,12H2,1-2H3,(H,13,16). The Kier molecular flexibility index (Phi) is 4.73. The summed E-state index contributed by atoms with van der Waals surface area (Å²) in [5.74, 6) is -0.175. The molecule has 1 heterocycles. The average Bonchev–Trinajstić information content (AvgIpc) is 2.77. The second kappa shape index (κ2) is 5.84. The number of hydrogen-bond donors (Lipinski definition) is 2. The van der Waals surface area contributed by atoms with Crippen LogP contribution in [0, 0.1) is 5.92 Å². The number of rotatable bonds is 4. The fraction of sp³-hybridized carbons (Fsp3) is 0.818. The summed E-state index contributed by atoms with van der Waals surface area (Å²) < 4.78 is 0. The average molecular weight is 227 g/mol. The first-order valence-corrected chi connectivity index (χ1v) is 5.83. The van der Waals surface area contributed by atoms with Crippen LogP contribution >= 0.6 is 0 Å². The van der Waals surface area contributed by atoms with Gasteiger partial charge >= 0.3 is 0 Å². The Bertz CT molecular complexity index is 246. The highest BCUT2D eigenvalue weighted by molar-refractivity contribution is 5.87. The van der Waals surface area contributed by atoms with Gasteiger partial charge in [0.25, 0.3) is 0 Å². The summed E-state index contributed by atoms with van der Waals surface area (Å²) in [6.07, 6.45) is 2.12. The van der Waals surface area contributed by atoms with Crippen molar-refractivity contribution >= 4 is 11.8 Å². The predicted octanol–water partition coefficient (Wildman–Crippen LogP) is -0.292. The molecule has 1 rings (SSSR count). The van der Waals surface area contributed by atoms with Gasteiger partial charge in [0.05, 0.1) is 12.6 Å². The van der Waals surface area contributed by atoms with E-state index in [1.165, 1.54) is 0 Å². The highest BCUT2D eigenvalue weighted by atomic mass is 16.2. The van der Waals surface area contributed by atoms with Crippen LogP contribution < -0.4 is 11.1 Å². The molecule has 0 aromatic carbocycles. The van der Waals surface area contributed by atoms with Gasteiger partial charge in [0.15, 0.2) is 0 Å². The third-order valence-corrected chi connectivity index (χ3v) is 2.89. The Morgan fingerprint density at radius 3 is 2.38 bits per heavy atom. The molecule has 1 fully saturated rings. The summed E-state index contributed by atoms with van der Waals surface area (Å²) in [4.78, 5) is 24.9. The van der Waals surface area contributed by atoms with Crippen LogP contribution in [-0.2, 0) is 9.59 Å². The lowest BCUT2D eigenvalue weighted by molar-refractivity contribution is -0.132. The minimum absolute atomic E-state index is 0.0122. The summed E-state index contributed by atoms with van der Waals surface area (Å²) in [5.41, 5.74) is 5.66. The van der Waals surface area contributed by atoms with Crippen LogP contribution in [0.25, 0.3) is 0 Å². The number of likely N-dealkylation sites (tertiary alicyclic amines) is 1. The molecule has 1 atom stereocenters. The molecule has 5 heteroatoms. The molecule has 16 heavy (non-hydrogen) atoms. The molecule has 0 radical (unpaired) electrons. The fourth-order valence-corrected chi connectivity index (χ4v) is 1.66. The molecule has 1 saturated heterocycles. The lowest BCUT2D eigenvalue weighted by atomic mass is 10.1. The van der Waals surface area contributed by atoms with E-state index < -0.39 is 6.04 Å². The van der Waals surface area contributed by atoms with Crippen molar-refractivity contribution in [3.8, 4) is 0 Å². The molecule has 5 nitrogen and oxygen atoms in total. The van der Waals surface area contributed by atoms with E-state index in [0.717, 1.165) is 25.9 Å². The van der Waals surface area contributed by atoms with Crippen LogP contribution in [0.4, 0.5) is 0 Å². The molecule has 0 aromatic heterocycles. The first kappa shape index (κ1) is 13.0. The summed E-state index contributed by atoms with van der Waals surface area (Å²) in [6.45, 7) is 5.45. The summed E-state index contributed by atoms with van der Waals surface area (Å²) in [7, 11) is 0. The molecule has 2 amide bonds. The van der Waals surface area contributed by atoms with E-state index in [4.69, 9.17) is 5.73 Å². The first-order chi connectivity index (χ1) is 7.52. The zero-order valence-electron chi connectivity index (χ0n) is 10.0. The summed E-state index contributed by atoms with van der Waals surface area (Å²) >= 11 is 0. The highest BCUT2D eigenvalue weighted by Gasteiger charge is 2.21. The van der Waals surface area contributed by atoms with Crippen molar-refractivity contribution in [2.45, 2.75) is 32.7 Å². The van der Waals surface area contributed by atoms with Crippen LogP contribution in [0.2, 0.25) is 0 Å². The predicted molar refractivity (Wildman–Crippen MR) is 61.6 cm³/mol. The Balaban J connectivity index is 2.28. The monoisotopic (exact) mass is 227 g/mol. The van der Waals surface area contributed by atoms with Gasteiger partial charge < -0.3 is 16.0 Å². The van der Waals surface area contributed by atoms with Gasteiger partial charge in [-0.25, -0.2) is 0 Å². The van der Waals surface area contributed by atoms with Crippen LogP contribution in [0.3, 0.4) is 0 Å². The van der Waals surface area contributed by atoms with E-state index in [9.17, 15) is 9.59 Å². The number of nitrogens with one attached hydrogen (secondary N) is 1. The molecule has 92 valence electrons. The van der Waals surface area contributed by atoms with Crippen molar-refractivity contribution in [1.82, 2.24) is 10.2 Å².